The lowest BCUT2D eigenvalue weighted by molar-refractivity contribution is 0.0803. The van der Waals surface area contributed by atoms with Gasteiger partial charge < -0.3 is 5.11 Å². The Morgan fingerprint density at radius 3 is 2.69 bits per heavy atom. The van der Waals surface area contributed by atoms with E-state index in [0.717, 1.165) is 14.9 Å². The minimum absolute atomic E-state index is 0.671. The molecule has 16 heavy (non-hydrogen) atoms. The Hall–Kier alpha value is -0.640. The van der Waals surface area contributed by atoms with E-state index >= 15 is 0 Å². The molecule has 0 aliphatic rings. The van der Waals surface area contributed by atoms with Crippen molar-refractivity contribution >= 4 is 27.3 Å². The molecule has 0 bridgehead atoms. The van der Waals surface area contributed by atoms with Crippen LogP contribution in [0.1, 0.15) is 23.8 Å². The second-order valence-electron chi connectivity index (χ2n) is 3.70. The number of thiophene rings is 1. The lowest BCUT2D eigenvalue weighted by atomic mass is 9.90. The van der Waals surface area contributed by atoms with Gasteiger partial charge in [-0.3, -0.25) is 0 Å². The van der Waals surface area contributed by atoms with Gasteiger partial charge in [-0.1, -0.05) is 41.1 Å². The maximum absolute atomic E-state index is 10.8. The van der Waals surface area contributed by atoms with Crippen LogP contribution in [0, 0.1) is 0 Å². The standard InChI is InChI=1S/C13H13BrOS/c1-2-13(15,12-7-4-8-16-12)10-5-3-6-11(14)9-10/h3-9,15H,2H2,1H3. The molecule has 0 fully saturated rings. The zero-order valence-corrected chi connectivity index (χ0v) is 11.4. The van der Waals surface area contributed by atoms with Crippen molar-refractivity contribution in [3.05, 3.63) is 56.7 Å². The minimum Gasteiger partial charge on any atom is -0.380 e. The van der Waals surface area contributed by atoms with E-state index in [1.165, 1.54) is 0 Å². The Bertz CT molecular complexity index is 467. The van der Waals surface area contributed by atoms with E-state index in [-0.39, 0.29) is 0 Å². The van der Waals surface area contributed by atoms with Crippen molar-refractivity contribution in [1.82, 2.24) is 0 Å². The van der Waals surface area contributed by atoms with Gasteiger partial charge in [0, 0.05) is 9.35 Å². The summed E-state index contributed by atoms with van der Waals surface area (Å²) >= 11 is 5.03. The summed E-state index contributed by atoms with van der Waals surface area (Å²) in [5.41, 5.74) is 0.0737. The highest BCUT2D eigenvalue weighted by molar-refractivity contribution is 9.10. The highest BCUT2D eigenvalue weighted by Gasteiger charge is 2.30. The summed E-state index contributed by atoms with van der Waals surface area (Å²) in [7, 11) is 0. The highest BCUT2D eigenvalue weighted by Crippen LogP contribution is 2.36. The van der Waals surface area contributed by atoms with Crippen molar-refractivity contribution in [3.8, 4) is 0 Å². The molecular formula is C13H13BrOS. The van der Waals surface area contributed by atoms with Gasteiger partial charge in [-0.05, 0) is 35.6 Å². The molecule has 1 aromatic heterocycles. The van der Waals surface area contributed by atoms with Crippen LogP contribution >= 0.6 is 27.3 Å². The molecule has 0 saturated carbocycles. The first-order valence-corrected chi connectivity index (χ1v) is 6.86. The molecule has 0 radical (unpaired) electrons. The van der Waals surface area contributed by atoms with Gasteiger partial charge in [-0.15, -0.1) is 11.3 Å². The summed E-state index contributed by atoms with van der Waals surface area (Å²) in [6.07, 6.45) is 0.671. The quantitative estimate of drug-likeness (QED) is 0.902. The molecule has 0 saturated heterocycles. The number of rotatable bonds is 3. The Balaban J connectivity index is 2.50. The zero-order valence-electron chi connectivity index (χ0n) is 8.98. The monoisotopic (exact) mass is 296 g/mol. The van der Waals surface area contributed by atoms with Gasteiger partial charge in [-0.2, -0.15) is 0 Å². The van der Waals surface area contributed by atoms with Crippen LogP contribution in [0.3, 0.4) is 0 Å². The fourth-order valence-corrected chi connectivity index (χ4v) is 3.10. The average molecular weight is 297 g/mol. The molecule has 3 heteroatoms. The van der Waals surface area contributed by atoms with Gasteiger partial charge in [0.05, 0.1) is 0 Å². The van der Waals surface area contributed by atoms with E-state index in [1.54, 1.807) is 11.3 Å². The number of benzene rings is 1. The summed E-state index contributed by atoms with van der Waals surface area (Å²) in [6.45, 7) is 2.00. The molecule has 1 N–H and O–H groups in total. The summed E-state index contributed by atoms with van der Waals surface area (Å²) in [4.78, 5) is 0.994. The Morgan fingerprint density at radius 1 is 1.31 bits per heavy atom. The number of hydrogen-bond donors (Lipinski definition) is 1. The van der Waals surface area contributed by atoms with Crippen LogP contribution in [0.25, 0.3) is 0 Å². The Labute approximate surface area is 108 Å². The van der Waals surface area contributed by atoms with E-state index in [1.807, 2.05) is 48.7 Å². The van der Waals surface area contributed by atoms with Crippen molar-refractivity contribution in [2.45, 2.75) is 18.9 Å². The van der Waals surface area contributed by atoms with Crippen LogP contribution in [0.15, 0.2) is 46.3 Å². The molecule has 1 unspecified atom stereocenters. The van der Waals surface area contributed by atoms with Gasteiger partial charge in [0.25, 0.3) is 0 Å². The lowest BCUT2D eigenvalue weighted by Gasteiger charge is -2.26. The van der Waals surface area contributed by atoms with Crippen molar-refractivity contribution in [2.24, 2.45) is 0 Å². The molecule has 84 valence electrons. The van der Waals surface area contributed by atoms with Crippen LogP contribution in [-0.2, 0) is 5.60 Å². The maximum Gasteiger partial charge on any atom is 0.123 e. The van der Waals surface area contributed by atoms with Crippen LogP contribution in [0.4, 0.5) is 0 Å². The molecule has 2 rings (SSSR count). The highest BCUT2D eigenvalue weighted by atomic mass is 79.9. The third-order valence-electron chi connectivity index (χ3n) is 2.74. The molecule has 1 nitrogen and oxygen atoms in total. The van der Waals surface area contributed by atoms with E-state index in [4.69, 9.17) is 0 Å². The smallest absolute Gasteiger partial charge is 0.123 e. The third kappa shape index (κ3) is 2.08. The molecular weight excluding hydrogens is 284 g/mol. The minimum atomic E-state index is -0.863. The molecule has 1 heterocycles. The van der Waals surface area contributed by atoms with E-state index in [9.17, 15) is 5.11 Å². The first-order chi connectivity index (χ1) is 7.66. The molecule has 0 spiro atoms. The molecule has 0 amide bonds. The fourth-order valence-electron chi connectivity index (χ4n) is 1.78. The van der Waals surface area contributed by atoms with Gasteiger partial charge in [0.2, 0.25) is 0 Å². The predicted octanol–water partition coefficient (Wildman–Crippen LogP) is 4.16. The summed E-state index contributed by atoms with van der Waals surface area (Å²) in [5, 5.41) is 12.8. The zero-order chi connectivity index (χ0) is 11.6. The largest absolute Gasteiger partial charge is 0.380 e. The summed E-state index contributed by atoms with van der Waals surface area (Å²) in [5.74, 6) is 0. The van der Waals surface area contributed by atoms with E-state index < -0.39 is 5.60 Å². The van der Waals surface area contributed by atoms with Crippen LogP contribution < -0.4 is 0 Å². The Kier molecular flexibility index (Phi) is 3.47. The van der Waals surface area contributed by atoms with Crippen LogP contribution in [0.2, 0.25) is 0 Å². The second kappa shape index (κ2) is 4.70. The number of halogens is 1. The fraction of sp³-hybridized carbons (Fsp3) is 0.231. The molecule has 1 aromatic carbocycles. The SMILES string of the molecule is CCC(O)(c1cccc(Br)c1)c1cccs1. The second-order valence-corrected chi connectivity index (χ2v) is 5.56. The topological polar surface area (TPSA) is 20.2 Å². The number of aliphatic hydroxyl groups is 1. The van der Waals surface area contributed by atoms with Gasteiger partial charge in [0.15, 0.2) is 0 Å². The molecule has 1 atom stereocenters. The van der Waals surface area contributed by atoms with Gasteiger partial charge >= 0.3 is 0 Å². The van der Waals surface area contributed by atoms with Gasteiger partial charge in [-0.25, -0.2) is 0 Å². The lowest BCUT2D eigenvalue weighted by Crippen LogP contribution is -2.24. The molecule has 0 aliphatic heterocycles. The predicted molar refractivity (Wildman–Crippen MR) is 71.8 cm³/mol. The summed E-state index contributed by atoms with van der Waals surface area (Å²) < 4.78 is 0.994. The Morgan fingerprint density at radius 2 is 2.12 bits per heavy atom. The molecule has 0 aliphatic carbocycles. The van der Waals surface area contributed by atoms with Crippen LogP contribution in [-0.4, -0.2) is 5.11 Å². The van der Waals surface area contributed by atoms with Crippen molar-refractivity contribution < 1.29 is 5.11 Å². The van der Waals surface area contributed by atoms with E-state index in [0.29, 0.717) is 6.42 Å². The van der Waals surface area contributed by atoms with Crippen molar-refractivity contribution in [3.63, 3.8) is 0 Å². The maximum atomic E-state index is 10.8. The van der Waals surface area contributed by atoms with Gasteiger partial charge in [0.1, 0.15) is 5.60 Å². The van der Waals surface area contributed by atoms with Crippen molar-refractivity contribution in [1.29, 1.82) is 0 Å². The van der Waals surface area contributed by atoms with Crippen molar-refractivity contribution in [2.75, 3.05) is 0 Å². The first kappa shape index (κ1) is 11.8. The summed E-state index contributed by atoms with van der Waals surface area (Å²) in [6, 6.07) is 11.8. The number of hydrogen-bond acceptors (Lipinski definition) is 2. The average Bonchev–Trinajstić information content (AvgIpc) is 2.82. The first-order valence-electron chi connectivity index (χ1n) is 5.19. The van der Waals surface area contributed by atoms with Crippen LogP contribution in [0.5, 0.6) is 0 Å². The normalized spacial score (nSPS) is 14.7. The molecule has 2 aromatic rings. The third-order valence-corrected chi connectivity index (χ3v) is 4.26. The van der Waals surface area contributed by atoms with E-state index in [2.05, 4.69) is 15.9 Å².